The van der Waals surface area contributed by atoms with E-state index >= 15 is 0 Å². The Hall–Kier alpha value is -2.05. The summed E-state index contributed by atoms with van der Waals surface area (Å²) in [5.74, 6) is 5.30. The number of esters is 1. The minimum Gasteiger partial charge on any atom is -0.463 e. The van der Waals surface area contributed by atoms with Gasteiger partial charge in [0.15, 0.2) is 0 Å². The first-order valence-electron chi connectivity index (χ1n) is 6.26. The van der Waals surface area contributed by atoms with Gasteiger partial charge >= 0.3 is 5.97 Å². The third kappa shape index (κ3) is 7.80. The van der Waals surface area contributed by atoms with Crippen LogP contribution in [-0.4, -0.2) is 19.2 Å². The first-order chi connectivity index (χ1) is 9.33. The lowest BCUT2D eigenvalue weighted by molar-refractivity contribution is -0.137. The van der Waals surface area contributed by atoms with Crippen molar-refractivity contribution in [3.05, 3.63) is 48.0 Å². The molecule has 1 rings (SSSR count). The fraction of sp³-hybridized carbons (Fsp3) is 0.312. The molecule has 19 heavy (non-hydrogen) atoms. The van der Waals surface area contributed by atoms with E-state index in [9.17, 15) is 4.79 Å². The average molecular weight is 258 g/mol. The van der Waals surface area contributed by atoms with Crippen molar-refractivity contribution < 1.29 is 14.3 Å². The zero-order valence-corrected chi connectivity index (χ0v) is 11.1. The first kappa shape index (κ1) is 15.0. The molecular weight excluding hydrogens is 240 g/mol. The van der Waals surface area contributed by atoms with Crippen LogP contribution in [0.15, 0.2) is 42.5 Å². The highest BCUT2D eigenvalue weighted by Crippen LogP contribution is 2.00. The Bertz CT molecular complexity index is 452. The van der Waals surface area contributed by atoms with Crippen LogP contribution in [0.5, 0.6) is 0 Å². The van der Waals surface area contributed by atoms with Crippen LogP contribution in [0.25, 0.3) is 0 Å². The normalized spacial score (nSPS) is 9.95. The fourth-order valence-electron chi connectivity index (χ4n) is 1.32. The van der Waals surface area contributed by atoms with Crippen LogP contribution in [0.2, 0.25) is 0 Å². The fourth-order valence-corrected chi connectivity index (χ4v) is 1.32. The molecule has 1 aromatic carbocycles. The van der Waals surface area contributed by atoms with Gasteiger partial charge in [0, 0.05) is 12.5 Å². The van der Waals surface area contributed by atoms with Crippen molar-refractivity contribution in [2.75, 3.05) is 13.2 Å². The maximum Gasteiger partial charge on any atom is 0.331 e. The van der Waals surface area contributed by atoms with Crippen molar-refractivity contribution in [3.8, 4) is 11.8 Å². The lowest BCUT2D eigenvalue weighted by atomic mass is 10.2. The van der Waals surface area contributed by atoms with Gasteiger partial charge in [0.25, 0.3) is 0 Å². The first-order valence-corrected chi connectivity index (χ1v) is 6.26. The van der Waals surface area contributed by atoms with Gasteiger partial charge in [0.1, 0.15) is 0 Å². The van der Waals surface area contributed by atoms with Crippen molar-refractivity contribution in [3.63, 3.8) is 0 Å². The number of allylic oxidation sites excluding steroid dienone is 1. The molecule has 0 N–H and O–H groups in total. The Kier molecular flexibility index (Phi) is 7.84. The molecular formula is C16H18O3. The second-order valence-electron chi connectivity index (χ2n) is 3.69. The van der Waals surface area contributed by atoms with Crippen LogP contribution in [0.3, 0.4) is 0 Å². The van der Waals surface area contributed by atoms with E-state index in [4.69, 9.17) is 9.47 Å². The summed E-state index contributed by atoms with van der Waals surface area (Å²) < 4.78 is 10.2. The largest absolute Gasteiger partial charge is 0.463 e. The van der Waals surface area contributed by atoms with Crippen molar-refractivity contribution in [2.24, 2.45) is 0 Å². The molecule has 1 aromatic rings. The topological polar surface area (TPSA) is 35.5 Å². The molecule has 0 amide bonds. The molecule has 0 spiro atoms. The van der Waals surface area contributed by atoms with E-state index in [1.54, 1.807) is 6.92 Å². The van der Waals surface area contributed by atoms with Crippen LogP contribution in [0.1, 0.15) is 18.9 Å². The predicted molar refractivity (Wildman–Crippen MR) is 74.3 cm³/mol. The van der Waals surface area contributed by atoms with E-state index in [-0.39, 0.29) is 5.97 Å². The third-order valence-electron chi connectivity index (χ3n) is 2.17. The quantitative estimate of drug-likeness (QED) is 0.340. The van der Waals surface area contributed by atoms with Crippen molar-refractivity contribution in [1.29, 1.82) is 0 Å². The van der Waals surface area contributed by atoms with Crippen molar-refractivity contribution >= 4 is 5.97 Å². The van der Waals surface area contributed by atoms with Gasteiger partial charge in [-0.1, -0.05) is 42.2 Å². The Labute approximate surface area is 114 Å². The van der Waals surface area contributed by atoms with Gasteiger partial charge in [-0.05, 0) is 18.6 Å². The molecule has 3 nitrogen and oxygen atoms in total. The molecule has 0 heterocycles. The predicted octanol–water partition coefficient (Wildman–Crippen LogP) is 2.72. The van der Waals surface area contributed by atoms with E-state index < -0.39 is 0 Å². The standard InChI is InChI=1S/C16H18O3/c1-2-19-16(17)12-8-3-4-9-13-18-14-15-10-6-5-7-11-15/h5-8,10-12H,2,9,13-14H2,1H3/b12-8-. The molecule has 0 aliphatic heterocycles. The lowest BCUT2D eigenvalue weighted by Gasteiger charge is -2.00. The zero-order chi connectivity index (χ0) is 13.8. The summed E-state index contributed by atoms with van der Waals surface area (Å²) >= 11 is 0. The molecule has 0 aliphatic carbocycles. The van der Waals surface area contributed by atoms with E-state index in [0.717, 1.165) is 5.56 Å². The van der Waals surface area contributed by atoms with Gasteiger partial charge in [-0.2, -0.15) is 0 Å². The molecule has 100 valence electrons. The minimum atomic E-state index is -0.364. The van der Waals surface area contributed by atoms with E-state index in [1.807, 2.05) is 30.3 Å². The van der Waals surface area contributed by atoms with Crippen LogP contribution >= 0.6 is 0 Å². The molecule has 0 fully saturated rings. The Morgan fingerprint density at radius 2 is 2.11 bits per heavy atom. The van der Waals surface area contributed by atoms with Gasteiger partial charge in [-0.3, -0.25) is 0 Å². The molecule has 0 atom stereocenters. The van der Waals surface area contributed by atoms with E-state index in [1.165, 1.54) is 12.2 Å². The molecule has 0 aliphatic rings. The average Bonchev–Trinajstić information content (AvgIpc) is 2.43. The van der Waals surface area contributed by atoms with Gasteiger partial charge in [0.05, 0.1) is 19.8 Å². The zero-order valence-electron chi connectivity index (χ0n) is 11.1. The number of hydrogen-bond donors (Lipinski definition) is 0. The Balaban J connectivity index is 2.10. The molecule has 0 saturated heterocycles. The summed E-state index contributed by atoms with van der Waals surface area (Å²) in [6, 6.07) is 9.99. The SMILES string of the molecule is CCOC(=O)/C=C\C#CCCOCc1ccccc1. The number of benzene rings is 1. The van der Waals surface area contributed by atoms with Crippen LogP contribution in [0.4, 0.5) is 0 Å². The molecule has 0 saturated carbocycles. The molecule has 0 unspecified atom stereocenters. The summed E-state index contributed by atoms with van der Waals surface area (Å²) in [7, 11) is 0. The second kappa shape index (κ2) is 9.93. The van der Waals surface area contributed by atoms with Gasteiger partial charge in [0.2, 0.25) is 0 Å². The Morgan fingerprint density at radius 1 is 1.32 bits per heavy atom. The number of hydrogen-bond acceptors (Lipinski definition) is 3. The summed E-state index contributed by atoms with van der Waals surface area (Å²) in [5.41, 5.74) is 1.15. The lowest BCUT2D eigenvalue weighted by Crippen LogP contribution is -1.98. The van der Waals surface area contributed by atoms with Crippen LogP contribution in [0, 0.1) is 11.8 Å². The number of carbonyl (C=O) groups is 1. The molecule has 0 bridgehead atoms. The summed E-state index contributed by atoms with van der Waals surface area (Å²) in [6.07, 6.45) is 3.45. The minimum absolute atomic E-state index is 0.364. The summed E-state index contributed by atoms with van der Waals surface area (Å²) in [4.78, 5) is 10.9. The number of carbonyl (C=O) groups excluding carboxylic acids is 1. The van der Waals surface area contributed by atoms with Gasteiger partial charge < -0.3 is 9.47 Å². The second-order valence-corrected chi connectivity index (χ2v) is 3.69. The maximum atomic E-state index is 10.9. The highest BCUT2D eigenvalue weighted by Gasteiger charge is 1.91. The number of ether oxygens (including phenoxy) is 2. The van der Waals surface area contributed by atoms with Gasteiger partial charge in [-0.25, -0.2) is 4.79 Å². The molecule has 0 aromatic heterocycles. The molecule has 3 heteroatoms. The van der Waals surface area contributed by atoms with Gasteiger partial charge in [-0.15, -0.1) is 0 Å². The maximum absolute atomic E-state index is 10.9. The van der Waals surface area contributed by atoms with E-state index in [0.29, 0.717) is 26.2 Å². The summed E-state index contributed by atoms with van der Waals surface area (Å²) in [6.45, 7) is 3.32. The highest BCUT2D eigenvalue weighted by molar-refractivity contribution is 5.82. The number of rotatable bonds is 6. The van der Waals surface area contributed by atoms with Crippen molar-refractivity contribution in [2.45, 2.75) is 20.0 Å². The van der Waals surface area contributed by atoms with Crippen LogP contribution < -0.4 is 0 Å². The smallest absolute Gasteiger partial charge is 0.331 e. The monoisotopic (exact) mass is 258 g/mol. The highest BCUT2D eigenvalue weighted by atomic mass is 16.5. The van der Waals surface area contributed by atoms with Crippen molar-refractivity contribution in [1.82, 2.24) is 0 Å². The Morgan fingerprint density at radius 3 is 2.84 bits per heavy atom. The third-order valence-corrected chi connectivity index (χ3v) is 2.17. The van der Waals surface area contributed by atoms with Crippen LogP contribution in [-0.2, 0) is 20.9 Å². The summed E-state index contributed by atoms with van der Waals surface area (Å²) in [5, 5.41) is 0. The molecule has 0 radical (unpaired) electrons. The van der Waals surface area contributed by atoms with E-state index in [2.05, 4.69) is 11.8 Å².